The van der Waals surface area contributed by atoms with E-state index in [4.69, 9.17) is 4.99 Å². The molecule has 0 saturated carbocycles. The van der Waals surface area contributed by atoms with Crippen LogP contribution in [0.15, 0.2) is 193 Å². The zero-order valence-electron chi connectivity index (χ0n) is 29.7. The van der Waals surface area contributed by atoms with E-state index in [9.17, 15) is 0 Å². The molecule has 10 rings (SSSR count). The van der Waals surface area contributed by atoms with Gasteiger partial charge < -0.3 is 4.57 Å². The van der Waals surface area contributed by atoms with Crippen molar-refractivity contribution < 1.29 is 0 Å². The maximum atomic E-state index is 5.44. The third-order valence-corrected chi connectivity index (χ3v) is 10.9. The molecule has 0 bridgehead atoms. The quantitative estimate of drug-likeness (QED) is 0.130. The van der Waals surface area contributed by atoms with Crippen LogP contribution in [-0.2, 0) is 0 Å². The van der Waals surface area contributed by atoms with Crippen molar-refractivity contribution in [2.75, 3.05) is 0 Å². The number of fused-ring (bicyclic) bond motifs is 8. The maximum Gasteiger partial charge on any atom is 0.111 e. The van der Waals surface area contributed by atoms with Crippen LogP contribution in [0, 0.1) is 5.92 Å². The van der Waals surface area contributed by atoms with Gasteiger partial charge in [-0.3, -0.25) is 4.57 Å². The Morgan fingerprint density at radius 3 is 2.00 bits per heavy atom. The van der Waals surface area contributed by atoms with Gasteiger partial charge in [0, 0.05) is 38.7 Å². The molecule has 0 N–H and O–H groups in total. The lowest BCUT2D eigenvalue weighted by molar-refractivity contribution is 0.883. The Balaban J connectivity index is 1.14. The number of allylic oxidation sites excluding steroid dienone is 5. The Morgan fingerprint density at radius 2 is 1.21 bits per heavy atom. The molecule has 3 nitrogen and oxygen atoms in total. The summed E-state index contributed by atoms with van der Waals surface area (Å²) in [6.45, 7) is 4.38. The molecule has 9 aromatic rings. The molecule has 0 spiro atoms. The summed E-state index contributed by atoms with van der Waals surface area (Å²) in [5.41, 5.74) is 11.7. The van der Waals surface area contributed by atoms with Crippen LogP contribution < -0.4 is 0 Å². The van der Waals surface area contributed by atoms with E-state index >= 15 is 0 Å². The van der Waals surface area contributed by atoms with Gasteiger partial charge >= 0.3 is 0 Å². The first kappa shape index (κ1) is 31.1. The Kier molecular flexibility index (Phi) is 7.33. The van der Waals surface area contributed by atoms with Gasteiger partial charge in [0.15, 0.2) is 0 Å². The summed E-state index contributed by atoms with van der Waals surface area (Å²) in [5, 5.41) is 7.47. The molecule has 2 aromatic heterocycles. The summed E-state index contributed by atoms with van der Waals surface area (Å²) in [6, 6.07) is 57.1. The number of nitrogens with zero attached hydrogens (tertiary/aromatic N) is 3. The predicted octanol–water partition coefficient (Wildman–Crippen LogP) is 13.2. The molecule has 0 radical (unpaired) electrons. The van der Waals surface area contributed by atoms with E-state index in [0.717, 1.165) is 28.1 Å². The Labute approximate surface area is 308 Å². The van der Waals surface area contributed by atoms with Gasteiger partial charge in [-0.05, 0) is 76.9 Å². The SMILES string of the molecule is CC(=N/C(=C1/C=CC=CC1C)c1ccccc1)n1c2ccccc2c2c3ccc(-c4ccc5c6ccccc6n(-c6ccccc6)c5c4)cc3ccc21. The van der Waals surface area contributed by atoms with Crippen molar-refractivity contribution in [1.82, 2.24) is 9.13 Å². The van der Waals surface area contributed by atoms with E-state index in [1.165, 1.54) is 65.7 Å². The fourth-order valence-corrected chi connectivity index (χ4v) is 8.37. The lowest BCUT2D eigenvalue weighted by Crippen LogP contribution is -2.09. The van der Waals surface area contributed by atoms with E-state index in [1.54, 1.807) is 0 Å². The van der Waals surface area contributed by atoms with Crippen LogP contribution in [0.4, 0.5) is 0 Å². The standard InChI is InChI=1S/C50H37N3/c1-33-15-9-10-20-40(33)50(35-16-5-3-6-17-35)51-34(2)52-46-24-14-12-22-44(46)49-41-28-25-36(31-38(41)27-30-47(49)52)37-26-29-43-42-21-11-13-23-45(42)53(48(43)32-37)39-18-7-4-8-19-39/h3-33H,1-2H3/b50-40-,51-34?. The topological polar surface area (TPSA) is 22.2 Å². The van der Waals surface area contributed by atoms with E-state index in [2.05, 4.69) is 205 Å². The van der Waals surface area contributed by atoms with Crippen molar-refractivity contribution in [1.29, 1.82) is 0 Å². The number of aliphatic imine (C=N–C) groups is 1. The number of rotatable bonds is 4. The minimum Gasteiger partial charge on any atom is -0.309 e. The molecule has 7 aromatic carbocycles. The highest BCUT2D eigenvalue weighted by molar-refractivity contribution is 6.24. The van der Waals surface area contributed by atoms with Gasteiger partial charge in [-0.2, -0.15) is 0 Å². The average molecular weight is 680 g/mol. The van der Waals surface area contributed by atoms with Crippen LogP contribution in [-0.4, -0.2) is 15.0 Å². The van der Waals surface area contributed by atoms with Gasteiger partial charge in [-0.1, -0.05) is 146 Å². The largest absolute Gasteiger partial charge is 0.309 e. The van der Waals surface area contributed by atoms with E-state index in [0.29, 0.717) is 0 Å². The predicted molar refractivity (Wildman–Crippen MR) is 226 cm³/mol. The van der Waals surface area contributed by atoms with Crippen molar-refractivity contribution in [2.45, 2.75) is 13.8 Å². The number of para-hydroxylation sites is 3. The van der Waals surface area contributed by atoms with Crippen LogP contribution in [0.1, 0.15) is 19.4 Å². The summed E-state index contributed by atoms with van der Waals surface area (Å²) in [6.07, 6.45) is 8.69. The Hall–Kier alpha value is -6.71. The van der Waals surface area contributed by atoms with Crippen molar-refractivity contribution >= 4 is 65.9 Å². The van der Waals surface area contributed by atoms with Crippen LogP contribution in [0.25, 0.3) is 76.9 Å². The highest BCUT2D eigenvalue weighted by atomic mass is 15.1. The highest BCUT2D eigenvalue weighted by Gasteiger charge is 2.19. The number of aromatic nitrogens is 2. The van der Waals surface area contributed by atoms with E-state index in [-0.39, 0.29) is 5.92 Å². The maximum absolute atomic E-state index is 5.44. The van der Waals surface area contributed by atoms with E-state index < -0.39 is 0 Å². The average Bonchev–Trinajstić information content (AvgIpc) is 3.73. The van der Waals surface area contributed by atoms with Gasteiger partial charge in [0.25, 0.3) is 0 Å². The number of benzene rings is 7. The van der Waals surface area contributed by atoms with Gasteiger partial charge in [-0.25, -0.2) is 4.99 Å². The zero-order valence-corrected chi connectivity index (χ0v) is 29.7. The van der Waals surface area contributed by atoms with Gasteiger partial charge in [0.2, 0.25) is 0 Å². The summed E-state index contributed by atoms with van der Waals surface area (Å²) >= 11 is 0. The molecule has 0 amide bonds. The summed E-state index contributed by atoms with van der Waals surface area (Å²) in [5.74, 6) is 1.21. The highest BCUT2D eigenvalue weighted by Crippen LogP contribution is 2.39. The first-order valence-electron chi connectivity index (χ1n) is 18.4. The first-order chi connectivity index (χ1) is 26.1. The van der Waals surface area contributed by atoms with Crippen LogP contribution >= 0.6 is 0 Å². The first-order valence-corrected chi connectivity index (χ1v) is 18.4. The zero-order chi connectivity index (χ0) is 35.5. The van der Waals surface area contributed by atoms with Crippen molar-refractivity contribution in [3.8, 4) is 16.8 Å². The molecule has 1 aliphatic rings. The van der Waals surface area contributed by atoms with Crippen LogP contribution in [0.2, 0.25) is 0 Å². The molecule has 53 heavy (non-hydrogen) atoms. The fraction of sp³-hybridized carbons (Fsp3) is 0.0600. The number of hydrogen-bond acceptors (Lipinski definition) is 1. The normalized spacial score (nSPS) is 15.7. The molecule has 0 saturated heterocycles. The third kappa shape index (κ3) is 5.08. The minimum atomic E-state index is 0.269. The van der Waals surface area contributed by atoms with Gasteiger partial charge in [0.05, 0.1) is 27.8 Å². The van der Waals surface area contributed by atoms with Crippen LogP contribution in [0.3, 0.4) is 0 Å². The second-order valence-corrected chi connectivity index (χ2v) is 14.0. The molecule has 1 aliphatic carbocycles. The summed E-state index contributed by atoms with van der Waals surface area (Å²) in [7, 11) is 0. The van der Waals surface area contributed by atoms with E-state index in [1.807, 2.05) is 0 Å². The molecule has 0 fully saturated rings. The van der Waals surface area contributed by atoms with Crippen molar-refractivity contribution in [2.24, 2.45) is 10.9 Å². The summed E-state index contributed by atoms with van der Waals surface area (Å²) < 4.78 is 4.73. The molecule has 2 heterocycles. The summed E-state index contributed by atoms with van der Waals surface area (Å²) in [4.78, 5) is 5.44. The smallest absolute Gasteiger partial charge is 0.111 e. The lowest BCUT2D eigenvalue weighted by atomic mass is 9.92. The van der Waals surface area contributed by atoms with Gasteiger partial charge in [-0.15, -0.1) is 0 Å². The molecular weight excluding hydrogens is 643 g/mol. The molecule has 1 atom stereocenters. The monoisotopic (exact) mass is 679 g/mol. The minimum absolute atomic E-state index is 0.269. The molecule has 3 heteroatoms. The number of hydrogen-bond donors (Lipinski definition) is 0. The van der Waals surface area contributed by atoms with Crippen LogP contribution in [0.5, 0.6) is 0 Å². The fourth-order valence-electron chi connectivity index (χ4n) is 8.37. The third-order valence-electron chi connectivity index (χ3n) is 10.9. The molecule has 252 valence electrons. The van der Waals surface area contributed by atoms with Crippen molar-refractivity contribution in [3.63, 3.8) is 0 Å². The lowest BCUT2D eigenvalue weighted by Gasteiger charge is -2.17. The molecule has 0 aliphatic heterocycles. The van der Waals surface area contributed by atoms with Gasteiger partial charge in [0.1, 0.15) is 5.84 Å². The molecule has 1 unspecified atom stereocenters. The molecular formula is C50H37N3. The van der Waals surface area contributed by atoms with Crippen molar-refractivity contribution in [3.05, 3.63) is 193 Å². The Bertz CT molecular complexity index is 3000. The Morgan fingerprint density at radius 1 is 0.547 bits per heavy atom. The second kappa shape index (κ2) is 12.5. The second-order valence-electron chi connectivity index (χ2n) is 14.0.